The highest BCUT2D eigenvalue weighted by molar-refractivity contribution is 9.09. The molecule has 0 bridgehead atoms. The van der Waals surface area contributed by atoms with Gasteiger partial charge in [0.15, 0.2) is 0 Å². The van der Waals surface area contributed by atoms with Gasteiger partial charge in [-0.15, -0.1) is 0 Å². The van der Waals surface area contributed by atoms with Gasteiger partial charge in [-0.25, -0.2) is 0 Å². The van der Waals surface area contributed by atoms with Crippen molar-refractivity contribution in [2.75, 3.05) is 5.33 Å². The molecule has 0 saturated carbocycles. The van der Waals surface area contributed by atoms with E-state index in [1.54, 1.807) is 0 Å². The average molecular weight is 353 g/mol. The second kappa shape index (κ2) is 13.1. The van der Waals surface area contributed by atoms with Crippen molar-refractivity contribution in [1.82, 2.24) is 0 Å². The molecule has 0 unspecified atom stereocenters. The number of alkyl halides is 1. The van der Waals surface area contributed by atoms with Gasteiger partial charge in [0.05, 0.1) is 0 Å². The molecule has 0 aliphatic carbocycles. The molecule has 0 aliphatic heterocycles. The number of hydrogen-bond donors (Lipinski definition) is 0. The van der Waals surface area contributed by atoms with Gasteiger partial charge < -0.3 is 0 Å². The molecule has 120 valence electrons. The third-order valence-electron chi connectivity index (χ3n) is 3.58. The molecule has 1 heteroatoms. The molecule has 0 amide bonds. The minimum atomic E-state index is 0.971. The normalized spacial score (nSPS) is 13.5. The summed E-state index contributed by atoms with van der Waals surface area (Å²) in [6.45, 7) is 11.1. The first kappa shape index (κ1) is 20.4. The van der Waals surface area contributed by atoms with E-state index in [9.17, 15) is 0 Å². The van der Waals surface area contributed by atoms with Crippen molar-refractivity contribution in [3.8, 4) is 0 Å². The summed E-state index contributed by atoms with van der Waals surface area (Å²) in [6, 6.07) is 0. The zero-order valence-corrected chi connectivity index (χ0v) is 16.2. The summed E-state index contributed by atoms with van der Waals surface area (Å²) in [4.78, 5) is 0. The molecule has 0 atom stereocenters. The van der Waals surface area contributed by atoms with Crippen molar-refractivity contribution in [2.45, 2.75) is 73.1 Å². The van der Waals surface area contributed by atoms with Gasteiger partial charge in [0.25, 0.3) is 0 Å². The number of rotatable bonds is 10. The van der Waals surface area contributed by atoms with E-state index in [4.69, 9.17) is 0 Å². The quantitative estimate of drug-likeness (QED) is 0.281. The second-order valence-electron chi connectivity index (χ2n) is 6.20. The van der Waals surface area contributed by atoms with E-state index in [1.165, 1.54) is 60.8 Å². The predicted octanol–water partition coefficient (Wildman–Crippen LogP) is 7.53. The van der Waals surface area contributed by atoms with Crippen LogP contribution in [0.4, 0.5) is 0 Å². The molecule has 0 rings (SSSR count). The van der Waals surface area contributed by atoms with Crippen LogP contribution in [-0.2, 0) is 0 Å². The largest absolute Gasteiger partial charge is 0.0883 e. The van der Waals surface area contributed by atoms with Crippen LogP contribution in [0, 0.1) is 0 Å². The van der Waals surface area contributed by atoms with Crippen LogP contribution in [0.3, 0.4) is 0 Å². The van der Waals surface area contributed by atoms with Crippen molar-refractivity contribution in [1.29, 1.82) is 0 Å². The van der Waals surface area contributed by atoms with Crippen LogP contribution >= 0.6 is 15.9 Å². The first-order chi connectivity index (χ1) is 9.95. The molecule has 0 fully saturated rings. The van der Waals surface area contributed by atoms with Crippen LogP contribution in [0.5, 0.6) is 0 Å². The maximum Gasteiger partial charge on any atom is 0.0214 e. The fraction of sp³-hybridized carbons (Fsp3) is 0.600. The highest BCUT2D eigenvalue weighted by Gasteiger charge is 1.93. The molecule has 21 heavy (non-hydrogen) atoms. The predicted molar refractivity (Wildman–Crippen MR) is 102 cm³/mol. The maximum absolute atomic E-state index is 3.44. The number of hydrogen-bond acceptors (Lipinski definition) is 0. The van der Waals surface area contributed by atoms with Gasteiger partial charge in [-0.2, -0.15) is 0 Å². The summed E-state index contributed by atoms with van der Waals surface area (Å²) in [5, 5.41) is 0.971. The van der Waals surface area contributed by atoms with E-state index < -0.39 is 0 Å². The molecule has 0 heterocycles. The molecule has 0 aromatic heterocycles. The Morgan fingerprint density at radius 1 is 0.619 bits per heavy atom. The van der Waals surface area contributed by atoms with E-state index in [1.807, 2.05) is 0 Å². The standard InChI is InChI=1S/C20H33Br/c1-17(2)9-6-10-18(3)11-7-12-19(4)13-8-14-20(5)15-16-21/h9,11,13,15H,6-8,10,12,14,16H2,1-5H3/b18-11+,19-13+,20-15+. The van der Waals surface area contributed by atoms with Gasteiger partial charge in [-0.3, -0.25) is 0 Å². The molecule has 0 spiro atoms. The van der Waals surface area contributed by atoms with Crippen LogP contribution in [0.25, 0.3) is 0 Å². The molecular weight excluding hydrogens is 320 g/mol. The topological polar surface area (TPSA) is 0 Å². The summed E-state index contributed by atoms with van der Waals surface area (Å²) in [5.41, 5.74) is 5.95. The van der Waals surface area contributed by atoms with Crippen molar-refractivity contribution in [2.24, 2.45) is 0 Å². The smallest absolute Gasteiger partial charge is 0.0214 e. The Balaban J connectivity index is 3.93. The Labute approximate surface area is 141 Å². The van der Waals surface area contributed by atoms with Gasteiger partial charge >= 0.3 is 0 Å². The lowest BCUT2D eigenvalue weighted by Gasteiger charge is -2.02. The van der Waals surface area contributed by atoms with E-state index in [0.717, 1.165) is 5.33 Å². The van der Waals surface area contributed by atoms with E-state index in [-0.39, 0.29) is 0 Å². The van der Waals surface area contributed by atoms with Gasteiger partial charge in [0.1, 0.15) is 0 Å². The molecule has 0 nitrogen and oxygen atoms in total. The molecule has 0 aromatic carbocycles. The molecule has 0 saturated heterocycles. The van der Waals surface area contributed by atoms with Gasteiger partial charge in [0, 0.05) is 5.33 Å². The maximum atomic E-state index is 3.44. The van der Waals surface area contributed by atoms with Gasteiger partial charge in [-0.05, 0) is 73.1 Å². The van der Waals surface area contributed by atoms with Crippen LogP contribution in [0.15, 0.2) is 46.6 Å². The monoisotopic (exact) mass is 352 g/mol. The van der Waals surface area contributed by atoms with Gasteiger partial charge in [-0.1, -0.05) is 62.5 Å². The van der Waals surface area contributed by atoms with Crippen molar-refractivity contribution < 1.29 is 0 Å². The SMILES string of the molecule is CC(C)=CCC/C(C)=C/CC/C(C)=C/CC/C(C)=C/CBr. The first-order valence-corrected chi connectivity index (χ1v) is 9.24. The minimum absolute atomic E-state index is 0.971. The lowest BCUT2D eigenvalue weighted by molar-refractivity contribution is 0.899. The number of allylic oxidation sites excluding steroid dienone is 8. The summed E-state index contributed by atoms with van der Waals surface area (Å²) in [7, 11) is 0. The van der Waals surface area contributed by atoms with Gasteiger partial charge in [0.2, 0.25) is 0 Å². The summed E-state index contributed by atoms with van der Waals surface area (Å²) >= 11 is 3.44. The van der Waals surface area contributed by atoms with Crippen LogP contribution in [0.1, 0.15) is 73.1 Å². The van der Waals surface area contributed by atoms with Crippen LogP contribution in [-0.4, -0.2) is 5.33 Å². The summed E-state index contributed by atoms with van der Waals surface area (Å²) in [5.74, 6) is 0. The van der Waals surface area contributed by atoms with E-state index in [0.29, 0.717) is 0 Å². The Bertz CT molecular complexity index is 390. The molecule has 0 N–H and O–H groups in total. The first-order valence-electron chi connectivity index (χ1n) is 8.12. The third-order valence-corrected chi connectivity index (χ3v) is 3.90. The molecular formula is C20H33Br. The van der Waals surface area contributed by atoms with E-state index in [2.05, 4.69) is 74.9 Å². The Kier molecular flexibility index (Phi) is 12.8. The lowest BCUT2D eigenvalue weighted by Crippen LogP contribution is -1.82. The average Bonchev–Trinajstić information content (AvgIpc) is 2.38. The van der Waals surface area contributed by atoms with Crippen molar-refractivity contribution in [3.05, 3.63) is 46.6 Å². The molecule has 0 aromatic rings. The fourth-order valence-electron chi connectivity index (χ4n) is 2.12. The summed E-state index contributed by atoms with van der Waals surface area (Å²) < 4.78 is 0. The highest BCUT2D eigenvalue weighted by Crippen LogP contribution is 2.13. The number of halogens is 1. The zero-order chi connectivity index (χ0) is 16.1. The van der Waals surface area contributed by atoms with Crippen LogP contribution in [0.2, 0.25) is 0 Å². The minimum Gasteiger partial charge on any atom is -0.0883 e. The second-order valence-corrected chi connectivity index (χ2v) is 6.85. The van der Waals surface area contributed by atoms with E-state index >= 15 is 0 Å². The Morgan fingerprint density at radius 2 is 1.00 bits per heavy atom. The lowest BCUT2D eigenvalue weighted by atomic mass is 10.0. The Morgan fingerprint density at radius 3 is 1.38 bits per heavy atom. The third kappa shape index (κ3) is 14.2. The van der Waals surface area contributed by atoms with Crippen molar-refractivity contribution in [3.63, 3.8) is 0 Å². The Hall–Kier alpha value is -0.560. The van der Waals surface area contributed by atoms with Crippen LogP contribution < -0.4 is 0 Å². The fourth-order valence-corrected chi connectivity index (χ4v) is 2.67. The summed E-state index contributed by atoms with van der Waals surface area (Å²) in [6.07, 6.45) is 16.5. The molecule has 0 radical (unpaired) electrons. The molecule has 0 aliphatic rings. The van der Waals surface area contributed by atoms with Crippen molar-refractivity contribution >= 4 is 15.9 Å². The highest BCUT2D eigenvalue weighted by atomic mass is 79.9. The zero-order valence-electron chi connectivity index (χ0n) is 14.6.